The number of hydrogen-bond acceptors (Lipinski definition) is 7. The van der Waals surface area contributed by atoms with Crippen molar-refractivity contribution in [2.24, 2.45) is 0 Å². The van der Waals surface area contributed by atoms with Crippen molar-refractivity contribution in [3.8, 4) is 5.69 Å². The average Bonchev–Trinajstić information content (AvgIpc) is 3.65. The Hall–Kier alpha value is -2.77. The maximum Gasteiger partial charge on any atom is 0.270 e. The summed E-state index contributed by atoms with van der Waals surface area (Å²) in [6.45, 7) is 1.49. The van der Waals surface area contributed by atoms with E-state index in [2.05, 4.69) is 26.3 Å². The first kappa shape index (κ1) is 29.2. The highest BCUT2D eigenvalue weighted by atomic mass is 79.9. The fraction of sp³-hybridized carbons (Fsp3) is 0.423. The van der Waals surface area contributed by atoms with E-state index in [4.69, 9.17) is 0 Å². The molecule has 1 saturated carbocycles. The molecule has 2 aromatic carbocycles. The van der Waals surface area contributed by atoms with Crippen molar-refractivity contribution in [1.29, 1.82) is 0 Å². The average molecular weight is 640 g/mol. The third-order valence-electron chi connectivity index (χ3n) is 6.66. The zero-order chi connectivity index (χ0) is 28.5. The van der Waals surface area contributed by atoms with Crippen molar-refractivity contribution < 1.29 is 26.4 Å². The SMILES string of the molecule is CCS(=O)(=O)CC(=O)CCCN(c1cc2nn(-c3ccc(Br)cc3)c(C(=O)NC)c2cc1C1CC1)S(C)(=O)=O. The van der Waals surface area contributed by atoms with Gasteiger partial charge in [-0.15, -0.1) is 0 Å². The third-order valence-corrected chi connectivity index (χ3v) is 10.0. The molecule has 0 saturated heterocycles. The second-order valence-electron chi connectivity index (χ2n) is 9.67. The molecule has 0 unspecified atom stereocenters. The Kier molecular flexibility index (Phi) is 8.52. The zero-order valence-corrected chi connectivity index (χ0v) is 25.2. The van der Waals surface area contributed by atoms with Crippen LogP contribution in [0.3, 0.4) is 0 Å². The number of ketones is 1. The highest BCUT2D eigenvalue weighted by molar-refractivity contribution is 9.10. The predicted molar refractivity (Wildman–Crippen MR) is 155 cm³/mol. The molecule has 0 radical (unpaired) electrons. The number of nitrogens with one attached hydrogen (secondary N) is 1. The fourth-order valence-electron chi connectivity index (χ4n) is 4.49. The summed E-state index contributed by atoms with van der Waals surface area (Å²) in [5, 5.41) is 7.97. The Bertz CT molecular complexity index is 1630. The van der Waals surface area contributed by atoms with Gasteiger partial charge in [-0.05, 0) is 67.1 Å². The van der Waals surface area contributed by atoms with E-state index >= 15 is 0 Å². The van der Waals surface area contributed by atoms with Crippen LogP contribution in [0.25, 0.3) is 16.6 Å². The second-order valence-corrected chi connectivity index (χ2v) is 14.8. The maximum atomic E-state index is 13.0. The van der Waals surface area contributed by atoms with Crippen LogP contribution in [-0.2, 0) is 24.7 Å². The van der Waals surface area contributed by atoms with Crippen LogP contribution in [0, 0.1) is 0 Å². The predicted octanol–water partition coefficient (Wildman–Crippen LogP) is 3.58. The topological polar surface area (TPSA) is 136 Å². The molecule has 10 nitrogen and oxygen atoms in total. The molecular weight excluding hydrogens is 608 g/mol. The van der Waals surface area contributed by atoms with E-state index in [0.717, 1.165) is 29.1 Å². The summed E-state index contributed by atoms with van der Waals surface area (Å²) in [6, 6.07) is 10.9. The number of aromatic nitrogens is 2. The molecule has 0 aliphatic heterocycles. The van der Waals surface area contributed by atoms with Crippen LogP contribution in [0.5, 0.6) is 0 Å². The van der Waals surface area contributed by atoms with Crippen LogP contribution in [-0.4, -0.2) is 69.7 Å². The van der Waals surface area contributed by atoms with Gasteiger partial charge in [-0.2, -0.15) is 5.10 Å². The molecule has 1 N–H and O–H groups in total. The molecule has 13 heteroatoms. The van der Waals surface area contributed by atoms with Gasteiger partial charge in [-0.25, -0.2) is 21.5 Å². The van der Waals surface area contributed by atoms with Gasteiger partial charge < -0.3 is 5.32 Å². The van der Waals surface area contributed by atoms with Crippen LogP contribution in [0.15, 0.2) is 40.9 Å². The minimum atomic E-state index is -3.75. The number of sulfone groups is 1. The van der Waals surface area contributed by atoms with Crippen molar-refractivity contribution in [2.75, 3.05) is 35.7 Å². The summed E-state index contributed by atoms with van der Waals surface area (Å²) in [6.07, 6.45) is 3.00. The molecule has 39 heavy (non-hydrogen) atoms. The molecule has 0 spiro atoms. The summed E-state index contributed by atoms with van der Waals surface area (Å²) >= 11 is 3.42. The number of Topliss-reactive ketones (excluding diaryl/α,β-unsaturated/α-hetero) is 1. The molecule has 3 aromatic rings. The molecule has 1 aliphatic rings. The lowest BCUT2D eigenvalue weighted by Crippen LogP contribution is -2.32. The van der Waals surface area contributed by atoms with E-state index in [0.29, 0.717) is 28.0 Å². The number of carbonyl (C=O) groups excluding carboxylic acids is 2. The van der Waals surface area contributed by atoms with Crippen LogP contribution < -0.4 is 9.62 Å². The number of halogens is 1. The molecule has 4 rings (SSSR count). The molecule has 0 bridgehead atoms. The van der Waals surface area contributed by atoms with Crippen molar-refractivity contribution in [1.82, 2.24) is 15.1 Å². The number of anilines is 1. The Morgan fingerprint density at radius 3 is 2.36 bits per heavy atom. The van der Waals surface area contributed by atoms with Gasteiger partial charge in [0, 0.05) is 35.6 Å². The second kappa shape index (κ2) is 11.4. The van der Waals surface area contributed by atoms with E-state index in [9.17, 15) is 26.4 Å². The van der Waals surface area contributed by atoms with E-state index in [1.54, 1.807) is 17.8 Å². The van der Waals surface area contributed by atoms with Crippen LogP contribution in [0.4, 0.5) is 5.69 Å². The monoisotopic (exact) mass is 638 g/mol. The van der Waals surface area contributed by atoms with Gasteiger partial charge in [0.15, 0.2) is 9.84 Å². The normalized spacial score (nSPS) is 13.9. The van der Waals surface area contributed by atoms with Crippen LogP contribution in [0.2, 0.25) is 0 Å². The summed E-state index contributed by atoms with van der Waals surface area (Å²) in [7, 11) is -5.65. The number of nitrogens with zero attached hydrogens (tertiary/aromatic N) is 3. The molecule has 210 valence electrons. The number of benzene rings is 2. The first-order valence-electron chi connectivity index (χ1n) is 12.6. The summed E-state index contributed by atoms with van der Waals surface area (Å²) in [4.78, 5) is 25.2. The lowest BCUT2D eigenvalue weighted by molar-refractivity contribution is -0.116. The van der Waals surface area contributed by atoms with Gasteiger partial charge in [-0.1, -0.05) is 22.9 Å². The number of amides is 1. The molecule has 1 aromatic heterocycles. The highest BCUT2D eigenvalue weighted by Crippen LogP contribution is 2.46. The number of hydrogen-bond donors (Lipinski definition) is 1. The number of rotatable bonds is 12. The summed E-state index contributed by atoms with van der Waals surface area (Å²) in [5.41, 5.74) is 2.73. The zero-order valence-electron chi connectivity index (χ0n) is 22.0. The number of sulfonamides is 1. The first-order chi connectivity index (χ1) is 18.3. The van der Waals surface area contributed by atoms with Gasteiger partial charge in [0.1, 0.15) is 17.2 Å². The smallest absolute Gasteiger partial charge is 0.270 e. The highest BCUT2D eigenvalue weighted by Gasteiger charge is 2.32. The van der Waals surface area contributed by atoms with Crippen LogP contribution in [0.1, 0.15) is 54.6 Å². The summed E-state index contributed by atoms with van der Waals surface area (Å²) in [5.74, 6) is -1.29. The Balaban J connectivity index is 1.77. The van der Waals surface area contributed by atoms with Gasteiger partial charge in [0.05, 0.1) is 23.1 Å². The Morgan fingerprint density at radius 2 is 1.79 bits per heavy atom. The van der Waals surface area contributed by atoms with Crippen molar-refractivity contribution >= 4 is 64.1 Å². The minimum absolute atomic E-state index is 0.0116. The van der Waals surface area contributed by atoms with E-state index in [1.807, 2.05) is 30.3 Å². The lowest BCUT2D eigenvalue weighted by atomic mass is 10.0. The maximum absolute atomic E-state index is 13.0. The number of carbonyl (C=O) groups is 2. The molecule has 1 aliphatic carbocycles. The lowest BCUT2D eigenvalue weighted by Gasteiger charge is -2.25. The molecule has 0 atom stereocenters. The Morgan fingerprint density at radius 1 is 1.13 bits per heavy atom. The van der Waals surface area contributed by atoms with E-state index in [-0.39, 0.29) is 37.0 Å². The number of fused-ring (bicyclic) bond motifs is 1. The van der Waals surface area contributed by atoms with Gasteiger partial charge >= 0.3 is 0 Å². The third kappa shape index (κ3) is 6.69. The van der Waals surface area contributed by atoms with Crippen molar-refractivity contribution in [3.63, 3.8) is 0 Å². The van der Waals surface area contributed by atoms with Crippen LogP contribution >= 0.6 is 15.9 Å². The first-order valence-corrected chi connectivity index (χ1v) is 17.1. The molecule has 1 fully saturated rings. The standard InChI is InChI=1S/C26H31BrN4O6S2/c1-4-39(36,37)16-20(32)6-5-13-30(38(3,34)35)24-15-23-22(14-21(24)17-7-8-17)25(26(33)28-2)31(29-23)19-11-9-18(27)10-12-19/h9-12,14-15,17H,4-8,13,16H2,1-3H3,(H,28,33). The minimum Gasteiger partial charge on any atom is -0.354 e. The quantitative estimate of drug-likeness (QED) is 0.320. The summed E-state index contributed by atoms with van der Waals surface area (Å²) < 4.78 is 53.2. The van der Waals surface area contributed by atoms with Gasteiger partial charge in [0.25, 0.3) is 5.91 Å². The molecule has 1 heterocycles. The van der Waals surface area contributed by atoms with Crippen molar-refractivity contribution in [3.05, 3.63) is 52.1 Å². The molecular formula is C26H31BrN4O6S2. The van der Waals surface area contributed by atoms with Crippen molar-refractivity contribution in [2.45, 2.75) is 38.5 Å². The van der Waals surface area contributed by atoms with Gasteiger partial charge in [0.2, 0.25) is 10.0 Å². The largest absolute Gasteiger partial charge is 0.354 e. The van der Waals surface area contributed by atoms with E-state index < -0.39 is 31.4 Å². The molecule has 1 amide bonds. The van der Waals surface area contributed by atoms with Gasteiger partial charge in [-0.3, -0.25) is 13.9 Å². The van der Waals surface area contributed by atoms with E-state index in [1.165, 1.54) is 11.2 Å². The Labute approximate surface area is 236 Å². The fourth-order valence-corrected chi connectivity index (χ4v) is 6.57.